The van der Waals surface area contributed by atoms with Gasteiger partial charge in [-0.25, -0.2) is 4.79 Å². The van der Waals surface area contributed by atoms with Crippen molar-refractivity contribution >= 4 is 11.9 Å². The van der Waals surface area contributed by atoms with E-state index in [4.69, 9.17) is 9.47 Å². The molecule has 0 radical (unpaired) electrons. The van der Waals surface area contributed by atoms with Crippen LogP contribution in [-0.2, 0) is 4.74 Å². The second-order valence-corrected chi connectivity index (χ2v) is 7.49. The third-order valence-corrected chi connectivity index (χ3v) is 5.86. The molecule has 2 atom stereocenters. The number of hydrogen-bond acceptors (Lipinski definition) is 5. The average molecular weight is 405 g/mol. The molecule has 3 amide bonds. The van der Waals surface area contributed by atoms with Crippen molar-refractivity contribution in [3.05, 3.63) is 29.8 Å². The van der Waals surface area contributed by atoms with Gasteiger partial charge < -0.3 is 24.6 Å². The summed E-state index contributed by atoms with van der Waals surface area (Å²) in [6.45, 7) is 7.51. The first kappa shape index (κ1) is 21.4. The number of nitrogens with zero attached hydrogens (tertiary/aromatic N) is 3. The van der Waals surface area contributed by atoms with Gasteiger partial charge in [0.05, 0.1) is 24.8 Å². The van der Waals surface area contributed by atoms with E-state index in [1.807, 2.05) is 28.9 Å². The summed E-state index contributed by atoms with van der Waals surface area (Å²) in [6, 6.07) is 7.29. The van der Waals surface area contributed by atoms with Crippen LogP contribution in [0.2, 0.25) is 0 Å². The minimum atomic E-state index is -0.148. The van der Waals surface area contributed by atoms with Crippen molar-refractivity contribution in [2.75, 3.05) is 60.0 Å². The van der Waals surface area contributed by atoms with Crippen molar-refractivity contribution in [2.24, 2.45) is 0 Å². The van der Waals surface area contributed by atoms with E-state index >= 15 is 0 Å². The minimum absolute atomic E-state index is 0.0577. The number of carbonyl (C=O) groups is 2. The Bertz CT molecular complexity index is 714. The number of likely N-dealkylation sites (N-methyl/N-ethyl adjacent to an activating group) is 1. The molecule has 0 aliphatic carbocycles. The summed E-state index contributed by atoms with van der Waals surface area (Å²) in [5, 5.41) is 3.11. The first-order valence-corrected chi connectivity index (χ1v) is 10.3. The number of carbonyl (C=O) groups excluding carboxylic acids is 2. The molecule has 0 bridgehead atoms. The fourth-order valence-corrected chi connectivity index (χ4v) is 4.06. The lowest BCUT2D eigenvalue weighted by atomic mass is 10.0. The van der Waals surface area contributed by atoms with Crippen molar-refractivity contribution in [1.82, 2.24) is 20.0 Å². The highest BCUT2D eigenvalue weighted by atomic mass is 16.5. The third-order valence-electron chi connectivity index (χ3n) is 5.86. The molecular formula is C21H32N4O4. The molecule has 0 saturated carbocycles. The third kappa shape index (κ3) is 5.00. The van der Waals surface area contributed by atoms with Gasteiger partial charge in [-0.05, 0) is 25.5 Å². The molecular weight excluding hydrogens is 372 g/mol. The molecule has 2 unspecified atom stereocenters. The summed E-state index contributed by atoms with van der Waals surface area (Å²) in [5.74, 6) is 0.415. The molecule has 8 heteroatoms. The van der Waals surface area contributed by atoms with E-state index in [1.54, 1.807) is 26.4 Å². The van der Waals surface area contributed by atoms with E-state index < -0.39 is 0 Å². The number of nitrogens with one attached hydrogen (secondary N) is 1. The van der Waals surface area contributed by atoms with Gasteiger partial charge in [0.2, 0.25) is 0 Å². The van der Waals surface area contributed by atoms with E-state index in [0.29, 0.717) is 11.3 Å². The number of benzene rings is 1. The Kier molecular flexibility index (Phi) is 7.33. The zero-order valence-electron chi connectivity index (χ0n) is 17.6. The van der Waals surface area contributed by atoms with Gasteiger partial charge in [0, 0.05) is 52.9 Å². The van der Waals surface area contributed by atoms with Gasteiger partial charge in [-0.1, -0.05) is 12.1 Å². The quantitative estimate of drug-likeness (QED) is 0.706. The maximum Gasteiger partial charge on any atom is 0.320 e. The molecule has 2 saturated heterocycles. The highest BCUT2D eigenvalue weighted by Gasteiger charge is 2.32. The number of amides is 3. The number of piperidine rings is 1. The first-order valence-electron chi connectivity index (χ1n) is 10.3. The highest BCUT2D eigenvalue weighted by Crippen LogP contribution is 2.19. The van der Waals surface area contributed by atoms with Gasteiger partial charge in [0.15, 0.2) is 0 Å². The Hall–Kier alpha value is -2.32. The Balaban J connectivity index is 1.52. The van der Waals surface area contributed by atoms with Gasteiger partial charge in [-0.2, -0.15) is 0 Å². The molecule has 1 aromatic rings. The molecule has 2 heterocycles. The lowest BCUT2D eigenvalue weighted by Gasteiger charge is -2.38. The van der Waals surface area contributed by atoms with Crippen LogP contribution in [0.1, 0.15) is 23.7 Å². The van der Waals surface area contributed by atoms with Crippen LogP contribution in [0.25, 0.3) is 0 Å². The van der Waals surface area contributed by atoms with Crippen LogP contribution in [0.3, 0.4) is 0 Å². The maximum atomic E-state index is 12.7. The molecule has 0 aromatic heterocycles. The van der Waals surface area contributed by atoms with Crippen molar-refractivity contribution in [2.45, 2.75) is 25.5 Å². The van der Waals surface area contributed by atoms with Gasteiger partial charge in [-0.15, -0.1) is 0 Å². The van der Waals surface area contributed by atoms with Crippen molar-refractivity contribution < 1.29 is 19.1 Å². The number of urea groups is 1. The fraction of sp³-hybridized carbons (Fsp3) is 0.619. The van der Waals surface area contributed by atoms with Gasteiger partial charge in [-0.3, -0.25) is 9.69 Å². The Labute approximate surface area is 172 Å². The van der Waals surface area contributed by atoms with E-state index in [-0.39, 0.29) is 24.1 Å². The number of methoxy groups -OCH3 is 2. The molecule has 3 rings (SSSR count). The van der Waals surface area contributed by atoms with Crippen LogP contribution >= 0.6 is 0 Å². The summed E-state index contributed by atoms with van der Waals surface area (Å²) in [5.41, 5.74) is 0.528. The maximum absolute atomic E-state index is 12.7. The van der Waals surface area contributed by atoms with Gasteiger partial charge in [0.1, 0.15) is 5.75 Å². The van der Waals surface area contributed by atoms with E-state index in [1.165, 1.54) is 0 Å². The molecule has 29 heavy (non-hydrogen) atoms. The Morgan fingerprint density at radius 3 is 2.59 bits per heavy atom. The Morgan fingerprint density at radius 1 is 1.14 bits per heavy atom. The summed E-state index contributed by atoms with van der Waals surface area (Å²) in [4.78, 5) is 31.1. The summed E-state index contributed by atoms with van der Waals surface area (Å²) < 4.78 is 11.0. The van der Waals surface area contributed by atoms with Crippen LogP contribution in [0.15, 0.2) is 24.3 Å². The van der Waals surface area contributed by atoms with E-state index in [9.17, 15) is 9.59 Å². The van der Waals surface area contributed by atoms with Crippen LogP contribution in [0.5, 0.6) is 5.75 Å². The van der Waals surface area contributed by atoms with Crippen LogP contribution in [0.4, 0.5) is 4.79 Å². The monoisotopic (exact) mass is 404 g/mol. The summed E-state index contributed by atoms with van der Waals surface area (Å²) in [6.07, 6.45) is 0.706. The van der Waals surface area contributed by atoms with Crippen LogP contribution in [0, 0.1) is 0 Å². The molecule has 1 aromatic carbocycles. The fourth-order valence-electron chi connectivity index (χ4n) is 4.06. The van der Waals surface area contributed by atoms with Crippen LogP contribution < -0.4 is 10.1 Å². The summed E-state index contributed by atoms with van der Waals surface area (Å²) in [7, 11) is 3.24. The number of para-hydroxylation sites is 1. The topological polar surface area (TPSA) is 74.3 Å². The number of rotatable bonds is 8. The average Bonchev–Trinajstić information content (AvgIpc) is 3.12. The number of likely N-dealkylation sites (tertiary alicyclic amines) is 1. The van der Waals surface area contributed by atoms with Crippen molar-refractivity contribution in [3.8, 4) is 5.75 Å². The van der Waals surface area contributed by atoms with Crippen molar-refractivity contribution in [1.29, 1.82) is 0 Å². The molecule has 2 aliphatic heterocycles. The molecule has 160 valence electrons. The number of ether oxygens (including phenoxy) is 2. The number of hydrogen-bond donors (Lipinski definition) is 1. The van der Waals surface area contributed by atoms with Crippen LogP contribution in [-0.4, -0.2) is 98.8 Å². The zero-order valence-corrected chi connectivity index (χ0v) is 17.6. The van der Waals surface area contributed by atoms with E-state index in [0.717, 1.165) is 52.2 Å². The standard InChI is InChI=1S/C21H32N4O4/c1-4-24-13-14-25(21(24)27)12-11-23-10-9-17(19(15-23)29-3)22-20(26)16-7-5-6-8-18(16)28-2/h5-8,17,19H,4,9-15H2,1-3H3,(H,22,26). The van der Waals surface area contributed by atoms with Gasteiger partial charge >= 0.3 is 6.03 Å². The lowest BCUT2D eigenvalue weighted by molar-refractivity contribution is 0.00513. The second-order valence-electron chi connectivity index (χ2n) is 7.49. The molecule has 1 N–H and O–H groups in total. The normalized spacial score (nSPS) is 22.8. The summed E-state index contributed by atoms with van der Waals surface area (Å²) >= 11 is 0. The molecule has 0 spiro atoms. The zero-order chi connectivity index (χ0) is 20.8. The van der Waals surface area contributed by atoms with Gasteiger partial charge in [0.25, 0.3) is 5.91 Å². The minimum Gasteiger partial charge on any atom is -0.496 e. The predicted molar refractivity (Wildman–Crippen MR) is 110 cm³/mol. The molecule has 8 nitrogen and oxygen atoms in total. The second kappa shape index (κ2) is 9.93. The SMILES string of the molecule is CCN1CCN(CCN2CCC(NC(=O)c3ccccc3OC)C(OC)C2)C1=O. The highest BCUT2D eigenvalue weighted by molar-refractivity contribution is 5.97. The molecule has 2 aliphatic rings. The van der Waals surface area contributed by atoms with Crippen molar-refractivity contribution in [3.63, 3.8) is 0 Å². The smallest absolute Gasteiger partial charge is 0.320 e. The largest absolute Gasteiger partial charge is 0.496 e. The predicted octanol–water partition coefficient (Wildman–Crippen LogP) is 1.27. The lowest BCUT2D eigenvalue weighted by Crippen LogP contribution is -2.55. The first-order chi connectivity index (χ1) is 14.1. The Morgan fingerprint density at radius 2 is 1.90 bits per heavy atom. The molecule has 2 fully saturated rings. The van der Waals surface area contributed by atoms with E-state index in [2.05, 4.69) is 10.2 Å².